The molecule has 3 heteroatoms. The Morgan fingerprint density at radius 3 is 2.76 bits per heavy atom. The molecule has 1 N–H and O–H groups in total. The van der Waals surface area contributed by atoms with Gasteiger partial charge in [-0.1, -0.05) is 18.2 Å². The normalized spacial score (nSPS) is 15.2. The maximum Gasteiger partial charge on any atom is 0.110 e. The second-order valence-electron chi connectivity index (χ2n) is 5.72. The fraction of sp³-hybridized carbons (Fsp3) is 0.389. The van der Waals surface area contributed by atoms with Crippen molar-refractivity contribution in [1.29, 1.82) is 5.26 Å². The van der Waals surface area contributed by atoms with Crippen LogP contribution in [0.1, 0.15) is 52.3 Å². The predicted molar refractivity (Wildman–Crippen MR) is 87.4 cm³/mol. The fourth-order valence-electron chi connectivity index (χ4n) is 2.93. The van der Waals surface area contributed by atoms with Crippen LogP contribution in [0, 0.1) is 11.3 Å². The van der Waals surface area contributed by atoms with Gasteiger partial charge in [0.1, 0.15) is 10.9 Å². The molecule has 0 amide bonds. The summed E-state index contributed by atoms with van der Waals surface area (Å²) in [6.45, 7) is 3.04. The number of hydrogen-bond donors (Lipinski definition) is 1. The topological polar surface area (TPSA) is 35.8 Å². The fourth-order valence-corrected chi connectivity index (χ4v) is 3.68. The highest BCUT2D eigenvalue weighted by Crippen LogP contribution is 2.25. The quantitative estimate of drug-likeness (QED) is 0.910. The van der Waals surface area contributed by atoms with Crippen LogP contribution in [0.15, 0.2) is 30.3 Å². The molecule has 108 valence electrons. The largest absolute Gasteiger partial charge is 0.305 e. The number of hydrogen-bond acceptors (Lipinski definition) is 3. The van der Waals surface area contributed by atoms with Crippen LogP contribution in [-0.2, 0) is 19.4 Å². The van der Waals surface area contributed by atoms with Gasteiger partial charge in [-0.15, -0.1) is 11.3 Å². The van der Waals surface area contributed by atoms with E-state index in [-0.39, 0.29) is 0 Å². The maximum atomic E-state index is 8.86. The zero-order valence-electron chi connectivity index (χ0n) is 12.4. The summed E-state index contributed by atoms with van der Waals surface area (Å²) < 4.78 is 0. The minimum Gasteiger partial charge on any atom is -0.305 e. The van der Waals surface area contributed by atoms with Gasteiger partial charge in [0.2, 0.25) is 0 Å². The van der Waals surface area contributed by atoms with E-state index in [1.807, 2.05) is 12.1 Å². The molecule has 0 radical (unpaired) electrons. The molecule has 3 rings (SSSR count). The molecular formula is C18H20N2S. The summed E-state index contributed by atoms with van der Waals surface area (Å²) in [6, 6.07) is 13.4. The van der Waals surface area contributed by atoms with Crippen molar-refractivity contribution in [2.45, 2.75) is 45.2 Å². The van der Waals surface area contributed by atoms with E-state index in [0.29, 0.717) is 6.04 Å². The van der Waals surface area contributed by atoms with Crippen molar-refractivity contribution >= 4 is 11.3 Å². The van der Waals surface area contributed by atoms with Crippen LogP contribution in [0.3, 0.4) is 0 Å². The molecule has 2 nitrogen and oxygen atoms in total. The maximum absolute atomic E-state index is 8.86. The highest BCUT2D eigenvalue weighted by Gasteiger charge is 2.12. The Balaban J connectivity index is 1.65. The number of fused-ring (bicyclic) bond motifs is 1. The summed E-state index contributed by atoms with van der Waals surface area (Å²) in [5.74, 6) is 0. The number of nitriles is 1. The molecule has 1 aliphatic rings. The first-order valence-electron chi connectivity index (χ1n) is 7.60. The average molecular weight is 296 g/mol. The van der Waals surface area contributed by atoms with Crippen LogP contribution in [0.5, 0.6) is 0 Å². The first kappa shape index (κ1) is 14.3. The van der Waals surface area contributed by atoms with Gasteiger partial charge in [0.25, 0.3) is 0 Å². The minimum absolute atomic E-state index is 0.338. The Kier molecular flexibility index (Phi) is 4.38. The molecule has 1 atom stereocenters. The number of thiophene rings is 1. The van der Waals surface area contributed by atoms with Gasteiger partial charge < -0.3 is 5.32 Å². The Hall–Kier alpha value is -1.63. The van der Waals surface area contributed by atoms with Crippen molar-refractivity contribution in [2.75, 3.05) is 0 Å². The molecule has 2 aromatic rings. The van der Waals surface area contributed by atoms with E-state index in [4.69, 9.17) is 5.26 Å². The van der Waals surface area contributed by atoms with Gasteiger partial charge in [0, 0.05) is 17.5 Å². The highest BCUT2D eigenvalue weighted by molar-refractivity contribution is 7.12. The SMILES string of the molecule is CC(NCc1ccc(C#N)s1)c1ccc2c(c1)CCCC2. The Morgan fingerprint density at radius 1 is 1.19 bits per heavy atom. The van der Waals surface area contributed by atoms with E-state index in [0.717, 1.165) is 11.4 Å². The van der Waals surface area contributed by atoms with Gasteiger partial charge >= 0.3 is 0 Å². The van der Waals surface area contributed by atoms with Gasteiger partial charge in [-0.3, -0.25) is 0 Å². The number of aryl methyl sites for hydroxylation is 2. The van der Waals surface area contributed by atoms with Crippen molar-refractivity contribution in [2.24, 2.45) is 0 Å². The van der Waals surface area contributed by atoms with Gasteiger partial charge in [-0.25, -0.2) is 0 Å². The molecule has 1 aromatic carbocycles. The average Bonchev–Trinajstić information content (AvgIpc) is 3.00. The van der Waals surface area contributed by atoms with E-state index < -0.39 is 0 Å². The van der Waals surface area contributed by atoms with Gasteiger partial charge in [0.15, 0.2) is 0 Å². The third kappa shape index (κ3) is 3.34. The lowest BCUT2D eigenvalue weighted by Gasteiger charge is -2.20. The Labute approximate surface area is 130 Å². The van der Waals surface area contributed by atoms with Crippen molar-refractivity contribution in [3.05, 3.63) is 56.8 Å². The molecule has 0 saturated carbocycles. The number of rotatable bonds is 4. The van der Waals surface area contributed by atoms with Crippen LogP contribution in [0.4, 0.5) is 0 Å². The zero-order valence-corrected chi connectivity index (χ0v) is 13.2. The van der Waals surface area contributed by atoms with Crippen LogP contribution >= 0.6 is 11.3 Å². The first-order valence-corrected chi connectivity index (χ1v) is 8.42. The molecule has 0 bridgehead atoms. The van der Waals surface area contributed by atoms with Crippen molar-refractivity contribution in [3.63, 3.8) is 0 Å². The Bertz CT molecular complexity index is 666. The summed E-state index contributed by atoms with van der Waals surface area (Å²) in [7, 11) is 0. The standard InChI is InChI=1S/C18H20N2S/c1-13(20-12-18-9-8-17(11-19)21-18)15-7-6-14-4-2-3-5-16(14)10-15/h6-10,13,20H,2-5,12H2,1H3. The minimum atomic E-state index is 0.338. The molecule has 0 aliphatic heterocycles. The van der Waals surface area contributed by atoms with Gasteiger partial charge in [-0.05, 0) is 61.4 Å². The summed E-state index contributed by atoms with van der Waals surface area (Å²) >= 11 is 1.57. The van der Waals surface area contributed by atoms with E-state index in [9.17, 15) is 0 Å². The second kappa shape index (κ2) is 6.43. The van der Waals surface area contributed by atoms with Crippen LogP contribution < -0.4 is 5.32 Å². The molecule has 21 heavy (non-hydrogen) atoms. The lowest BCUT2D eigenvalue weighted by molar-refractivity contribution is 0.576. The number of benzene rings is 1. The zero-order chi connectivity index (χ0) is 14.7. The van der Waals surface area contributed by atoms with E-state index in [2.05, 4.69) is 36.5 Å². The van der Waals surface area contributed by atoms with Crippen LogP contribution in [0.25, 0.3) is 0 Å². The monoisotopic (exact) mass is 296 g/mol. The first-order chi connectivity index (χ1) is 10.3. The summed E-state index contributed by atoms with van der Waals surface area (Å²) in [5, 5.41) is 12.4. The van der Waals surface area contributed by atoms with Crippen molar-refractivity contribution in [3.8, 4) is 6.07 Å². The van der Waals surface area contributed by atoms with Gasteiger partial charge in [0.05, 0.1) is 0 Å². The van der Waals surface area contributed by atoms with Crippen LogP contribution in [0.2, 0.25) is 0 Å². The third-order valence-electron chi connectivity index (χ3n) is 4.23. The second-order valence-corrected chi connectivity index (χ2v) is 6.88. The highest BCUT2D eigenvalue weighted by atomic mass is 32.1. The van der Waals surface area contributed by atoms with E-state index in [1.54, 1.807) is 11.3 Å². The molecule has 0 saturated heterocycles. The van der Waals surface area contributed by atoms with Crippen molar-refractivity contribution < 1.29 is 0 Å². The van der Waals surface area contributed by atoms with E-state index in [1.165, 1.54) is 47.3 Å². The molecule has 1 aliphatic carbocycles. The van der Waals surface area contributed by atoms with Gasteiger partial charge in [-0.2, -0.15) is 5.26 Å². The van der Waals surface area contributed by atoms with E-state index >= 15 is 0 Å². The molecule has 0 fully saturated rings. The third-order valence-corrected chi connectivity index (χ3v) is 5.22. The van der Waals surface area contributed by atoms with Crippen molar-refractivity contribution in [1.82, 2.24) is 5.32 Å². The Morgan fingerprint density at radius 2 is 2.00 bits per heavy atom. The molecule has 1 heterocycles. The summed E-state index contributed by atoms with van der Waals surface area (Å²) in [6.07, 6.45) is 5.13. The molecule has 1 aromatic heterocycles. The smallest absolute Gasteiger partial charge is 0.110 e. The summed E-state index contributed by atoms with van der Waals surface area (Å²) in [4.78, 5) is 2.00. The molecule has 0 spiro atoms. The molecule has 1 unspecified atom stereocenters. The lowest BCUT2D eigenvalue weighted by Crippen LogP contribution is -2.18. The van der Waals surface area contributed by atoms with Crippen LogP contribution in [-0.4, -0.2) is 0 Å². The molecular weight excluding hydrogens is 276 g/mol. The predicted octanol–water partition coefficient (Wildman–Crippen LogP) is 4.35. The number of nitrogens with one attached hydrogen (secondary N) is 1. The number of nitrogens with zero attached hydrogens (tertiary/aromatic N) is 1. The lowest BCUT2D eigenvalue weighted by atomic mass is 9.89. The summed E-state index contributed by atoms with van der Waals surface area (Å²) in [5.41, 5.74) is 4.44.